The fourth-order valence-corrected chi connectivity index (χ4v) is 2.66. The van der Waals surface area contributed by atoms with Crippen LogP contribution in [-0.2, 0) is 4.79 Å². The van der Waals surface area contributed by atoms with Gasteiger partial charge in [-0.05, 0) is 51.6 Å². The molecule has 4 heteroatoms. The van der Waals surface area contributed by atoms with Gasteiger partial charge in [-0.3, -0.25) is 4.79 Å². The molecule has 1 aliphatic heterocycles. The number of hydrogen-bond acceptors (Lipinski definition) is 3. The minimum absolute atomic E-state index is 0.402. The third kappa shape index (κ3) is 4.94. The summed E-state index contributed by atoms with van der Waals surface area (Å²) in [5, 5.41) is 0. The van der Waals surface area contributed by atoms with Crippen LogP contribution >= 0.6 is 0 Å². The van der Waals surface area contributed by atoms with Gasteiger partial charge in [0.15, 0.2) is 0 Å². The maximum Gasteiger partial charge on any atom is 0.237 e. The summed E-state index contributed by atoms with van der Waals surface area (Å²) in [7, 11) is 0. The van der Waals surface area contributed by atoms with Crippen LogP contribution in [0, 0.1) is 5.92 Å². The predicted molar refractivity (Wildman–Crippen MR) is 75.1 cm³/mol. The maximum atomic E-state index is 11.2. The van der Waals surface area contributed by atoms with Crippen LogP contribution < -0.4 is 11.5 Å². The number of rotatable bonds is 6. The first-order chi connectivity index (χ1) is 8.45. The molecule has 106 valence electrons. The molecule has 0 saturated carbocycles. The Labute approximate surface area is 111 Å². The fourth-order valence-electron chi connectivity index (χ4n) is 2.66. The van der Waals surface area contributed by atoms with E-state index in [0.717, 1.165) is 25.6 Å². The van der Waals surface area contributed by atoms with Gasteiger partial charge < -0.3 is 16.4 Å². The molecule has 2 unspecified atom stereocenters. The van der Waals surface area contributed by atoms with Crippen LogP contribution in [0.2, 0.25) is 0 Å². The van der Waals surface area contributed by atoms with E-state index in [-0.39, 0.29) is 0 Å². The lowest BCUT2D eigenvalue weighted by atomic mass is 9.96. The van der Waals surface area contributed by atoms with Gasteiger partial charge in [-0.15, -0.1) is 0 Å². The number of hydrogen-bond donors (Lipinski definition) is 2. The van der Waals surface area contributed by atoms with Crippen LogP contribution in [0.5, 0.6) is 0 Å². The maximum absolute atomic E-state index is 11.2. The third-order valence-electron chi connectivity index (χ3n) is 4.15. The predicted octanol–water partition coefficient (Wildman–Crippen LogP) is 1.48. The third-order valence-corrected chi connectivity index (χ3v) is 4.15. The van der Waals surface area contributed by atoms with Crippen molar-refractivity contribution in [1.29, 1.82) is 0 Å². The average Bonchev–Trinajstić information content (AvgIpc) is 2.52. The van der Waals surface area contributed by atoms with Crippen LogP contribution in [0.15, 0.2) is 0 Å². The molecule has 4 N–H and O–H groups in total. The lowest BCUT2D eigenvalue weighted by molar-refractivity contribution is -0.122. The summed E-state index contributed by atoms with van der Waals surface area (Å²) in [5.74, 6) is 0.488. The monoisotopic (exact) mass is 255 g/mol. The summed E-state index contributed by atoms with van der Waals surface area (Å²) in [6, 6.07) is 0. The van der Waals surface area contributed by atoms with Crippen molar-refractivity contribution in [2.24, 2.45) is 17.4 Å². The van der Waals surface area contributed by atoms with Crippen molar-refractivity contribution in [2.75, 3.05) is 19.6 Å². The Kier molecular flexibility index (Phi) is 6.09. The van der Waals surface area contributed by atoms with E-state index >= 15 is 0 Å². The van der Waals surface area contributed by atoms with Gasteiger partial charge in [0.2, 0.25) is 5.91 Å². The highest BCUT2D eigenvalue weighted by atomic mass is 16.1. The second-order valence-corrected chi connectivity index (χ2v) is 5.96. The summed E-state index contributed by atoms with van der Waals surface area (Å²) in [5.41, 5.74) is 10.3. The molecule has 0 aromatic rings. The topological polar surface area (TPSA) is 72.3 Å². The number of primary amides is 1. The van der Waals surface area contributed by atoms with Crippen molar-refractivity contribution in [3.63, 3.8) is 0 Å². The van der Waals surface area contributed by atoms with Gasteiger partial charge in [-0.2, -0.15) is 0 Å². The molecule has 18 heavy (non-hydrogen) atoms. The van der Waals surface area contributed by atoms with Crippen molar-refractivity contribution in [3.05, 3.63) is 0 Å². The molecule has 0 spiro atoms. The summed E-state index contributed by atoms with van der Waals surface area (Å²) in [6.45, 7) is 7.14. The van der Waals surface area contributed by atoms with E-state index in [1.165, 1.54) is 32.1 Å². The number of carbonyl (C=O) groups excluding carboxylic acids is 1. The molecule has 1 rings (SSSR count). The molecule has 1 saturated heterocycles. The van der Waals surface area contributed by atoms with Crippen LogP contribution in [-0.4, -0.2) is 36.0 Å². The molecule has 1 fully saturated rings. The molecule has 0 aromatic carbocycles. The molecule has 1 aliphatic rings. The van der Waals surface area contributed by atoms with Crippen molar-refractivity contribution in [3.8, 4) is 0 Å². The van der Waals surface area contributed by atoms with Crippen molar-refractivity contribution in [2.45, 2.75) is 57.9 Å². The molecule has 1 amide bonds. The second kappa shape index (κ2) is 7.10. The quantitative estimate of drug-likeness (QED) is 0.755. The molecule has 2 atom stereocenters. The molecular weight excluding hydrogens is 226 g/mol. The van der Waals surface area contributed by atoms with Gasteiger partial charge in [0.05, 0.1) is 5.54 Å². The van der Waals surface area contributed by atoms with Gasteiger partial charge in [0.25, 0.3) is 0 Å². The summed E-state index contributed by atoms with van der Waals surface area (Å²) >= 11 is 0. The number of nitrogens with zero attached hydrogens (tertiary/aromatic N) is 1. The Hall–Kier alpha value is -0.610. The molecule has 0 radical (unpaired) electrons. The Bertz CT molecular complexity index is 266. The molecule has 0 aliphatic carbocycles. The number of amides is 1. The fraction of sp³-hybridized carbons (Fsp3) is 0.929. The van der Waals surface area contributed by atoms with Gasteiger partial charge in [-0.25, -0.2) is 0 Å². The Balaban J connectivity index is 2.33. The lowest BCUT2D eigenvalue weighted by Gasteiger charge is -2.26. The summed E-state index contributed by atoms with van der Waals surface area (Å²) in [4.78, 5) is 13.6. The van der Waals surface area contributed by atoms with E-state index in [9.17, 15) is 4.79 Å². The van der Waals surface area contributed by atoms with E-state index < -0.39 is 11.4 Å². The minimum atomic E-state index is -0.866. The van der Waals surface area contributed by atoms with Crippen molar-refractivity contribution >= 4 is 5.91 Å². The van der Waals surface area contributed by atoms with Gasteiger partial charge in [-0.1, -0.05) is 19.8 Å². The summed E-state index contributed by atoms with van der Waals surface area (Å²) < 4.78 is 0. The van der Waals surface area contributed by atoms with E-state index in [0.29, 0.717) is 6.42 Å². The first-order valence-electron chi connectivity index (χ1n) is 7.27. The number of nitrogens with two attached hydrogens (primary N) is 2. The van der Waals surface area contributed by atoms with Crippen LogP contribution in [0.4, 0.5) is 0 Å². The number of carbonyl (C=O) groups is 1. The van der Waals surface area contributed by atoms with Crippen molar-refractivity contribution in [1.82, 2.24) is 4.90 Å². The van der Waals surface area contributed by atoms with E-state index in [1.54, 1.807) is 6.92 Å². The minimum Gasteiger partial charge on any atom is -0.368 e. The average molecular weight is 255 g/mol. The van der Waals surface area contributed by atoms with Gasteiger partial charge in [0, 0.05) is 6.54 Å². The highest BCUT2D eigenvalue weighted by molar-refractivity contribution is 5.83. The molecule has 0 aromatic heterocycles. The lowest BCUT2D eigenvalue weighted by Crippen LogP contribution is -2.51. The Morgan fingerprint density at radius 2 is 2.11 bits per heavy atom. The first kappa shape index (κ1) is 15.4. The van der Waals surface area contributed by atoms with Gasteiger partial charge in [0.1, 0.15) is 0 Å². The van der Waals surface area contributed by atoms with E-state index in [1.807, 2.05) is 0 Å². The SMILES string of the molecule is CCCC1CCCN(CCC(C)(N)C(N)=O)CC1. The van der Waals surface area contributed by atoms with Crippen LogP contribution in [0.25, 0.3) is 0 Å². The van der Waals surface area contributed by atoms with Crippen molar-refractivity contribution < 1.29 is 4.79 Å². The van der Waals surface area contributed by atoms with E-state index in [4.69, 9.17) is 11.5 Å². The smallest absolute Gasteiger partial charge is 0.237 e. The molecule has 0 bridgehead atoms. The Morgan fingerprint density at radius 1 is 1.39 bits per heavy atom. The normalized spacial score (nSPS) is 25.4. The first-order valence-corrected chi connectivity index (χ1v) is 7.27. The van der Waals surface area contributed by atoms with Crippen LogP contribution in [0.1, 0.15) is 52.4 Å². The molecular formula is C14H29N3O. The standard InChI is InChI=1S/C14H29N3O/c1-3-5-12-6-4-9-17(10-7-12)11-8-14(2,16)13(15)18/h12H,3-11,16H2,1-2H3,(H2,15,18). The zero-order valence-electron chi connectivity index (χ0n) is 12.0. The van der Waals surface area contributed by atoms with Crippen LogP contribution in [0.3, 0.4) is 0 Å². The number of likely N-dealkylation sites (tertiary alicyclic amines) is 1. The molecule has 1 heterocycles. The largest absolute Gasteiger partial charge is 0.368 e. The molecule has 4 nitrogen and oxygen atoms in total. The van der Waals surface area contributed by atoms with Gasteiger partial charge >= 0.3 is 0 Å². The highest BCUT2D eigenvalue weighted by Gasteiger charge is 2.26. The zero-order chi connectivity index (χ0) is 13.6. The highest BCUT2D eigenvalue weighted by Crippen LogP contribution is 2.22. The second-order valence-electron chi connectivity index (χ2n) is 5.96. The van der Waals surface area contributed by atoms with E-state index in [2.05, 4.69) is 11.8 Å². The zero-order valence-corrected chi connectivity index (χ0v) is 12.0. The Morgan fingerprint density at radius 3 is 2.72 bits per heavy atom. The summed E-state index contributed by atoms with van der Waals surface area (Å²) in [6.07, 6.45) is 7.19.